The van der Waals surface area contributed by atoms with Gasteiger partial charge in [0, 0.05) is 42.7 Å². The summed E-state index contributed by atoms with van der Waals surface area (Å²) in [5, 5.41) is 3.61. The number of para-hydroxylation sites is 1. The summed E-state index contributed by atoms with van der Waals surface area (Å²) >= 11 is 0. The zero-order chi connectivity index (χ0) is 21.4. The van der Waals surface area contributed by atoms with Crippen molar-refractivity contribution in [1.29, 1.82) is 0 Å². The number of nitrogens with zero attached hydrogens (tertiary/aromatic N) is 3. The second-order valence-electron chi connectivity index (χ2n) is 7.51. The monoisotopic (exact) mass is 416 g/mol. The highest BCUT2D eigenvalue weighted by Gasteiger charge is 2.21. The lowest BCUT2D eigenvalue weighted by molar-refractivity contribution is -0.117. The molecule has 5 rings (SSSR count). The molecule has 0 spiro atoms. The third kappa shape index (κ3) is 3.56. The first kappa shape index (κ1) is 19.0. The van der Waals surface area contributed by atoms with Crippen LogP contribution in [0.25, 0.3) is 22.1 Å². The minimum atomic E-state index is -0.311. The van der Waals surface area contributed by atoms with Crippen LogP contribution in [0.15, 0.2) is 64.1 Å². The van der Waals surface area contributed by atoms with Gasteiger partial charge in [-0.25, -0.2) is 4.98 Å². The van der Waals surface area contributed by atoms with Gasteiger partial charge in [-0.1, -0.05) is 12.1 Å². The van der Waals surface area contributed by atoms with E-state index in [4.69, 9.17) is 4.42 Å². The van der Waals surface area contributed by atoms with Crippen molar-refractivity contribution in [2.45, 2.75) is 25.8 Å². The summed E-state index contributed by atoms with van der Waals surface area (Å²) in [7, 11) is 0. The largest absolute Gasteiger partial charge is 0.448 e. The maximum atomic E-state index is 12.7. The van der Waals surface area contributed by atoms with Gasteiger partial charge < -0.3 is 14.6 Å². The molecule has 0 radical (unpaired) electrons. The van der Waals surface area contributed by atoms with Crippen LogP contribution in [0.1, 0.15) is 19.3 Å². The molecule has 31 heavy (non-hydrogen) atoms. The van der Waals surface area contributed by atoms with Crippen molar-refractivity contribution in [3.05, 3.63) is 65.2 Å². The molecular weight excluding hydrogens is 396 g/mol. The van der Waals surface area contributed by atoms with E-state index in [0.29, 0.717) is 23.2 Å². The molecule has 2 aromatic heterocycles. The predicted octanol–water partition coefficient (Wildman–Crippen LogP) is 3.30. The molecule has 1 aliphatic rings. The fourth-order valence-corrected chi connectivity index (χ4v) is 3.87. The van der Waals surface area contributed by atoms with E-state index >= 15 is 0 Å². The van der Waals surface area contributed by atoms with Gasteiger partial charge in [0.15, 0.2) is 0 Å². The van der Waals surface area contributed by atoms with Crippen LogP contribution in [-0.4, -0.2) is 27.9 Å². The van der Waals surface area contributed by atoms with E-state index in [9.17, 15) is 14.4 Å². The first-order valence-electron chi connectivity index (χ1n) is 10.2. The summed E-state index contributed by atoms with van der Waals surface area (Å²) in [6.45, 7) is 0.911. The maximum absolute atomic E-state index is 12.7. The van der Waals surface area contributed by atoms with Gasteiger partial charge >= 0.3 is 0 Å². The minimum Gasteiger partial charge on any atom is -0.448 e. The number of hydrogen-bond acceptors (Lipinski definition) is 5. The Morgan fingerprint density at radius 1 is 1.10 bits per heavy atom. The number of carbonyl (C=O) groups excluding carboxylic acids is 2. The number of aryl methyl sites for hydroxylation is 1. The number of hydrogen-bond donors (Lipinski definition) is 1. The van der Waals surface area contributed by atoms with Crippen LogP contribution in [0, 0.1) is 0 Å². The van der Waals surface area contributed by atoms with Crippen LogP contribution in [0.4, 0.5) is 11.4 Å². The summed E-state index contributed by atoms with van der Waals surface area (Å²) < 4.78 is 7.04. The van der Waals surface area contributed by atoms with Gasteiger partial charge in [0.25, 0.3) is 5.56 Å². The second kappa shape index (κ2) is 7.71. The highest BCUT2D eigenvalue weighted by Crippen LogP contribution is 2.24. The fourth-order valence-electron chi connectivity index (χ4n) is 3.87. The number of fused-ring (bicyclic) bond motifs is 3. The fraction of sp³-hybridized carbons (Fsp3) is 0.217. The van der Waals surface area contributed by atoms with E-state index in [1.54, 1.807) is 23.1 Å². The molecule has 156 valence electrons. The summed E-state index contributed by atoms with van der Waals surface area (Å²) in [4.78, 5) is 43.0. The van der Waals surface area contributed by atoms with Gasteiger partial charge in [0.1, 0.15) is 11.1 Å². The summed E-state index contributed by atoms with van der Waals surface area (Å²) in [5.74, 6) is -0.0983. The van der Waals surface area contributed by atoms with Gasteiger partial charge in [-0.05, 0) is 42.8 Å². The molecule has 1 N–H and O–H groups in total. The first-order valence-corrected chi connectivity index (χ1v) is 10.2. The molecule has 1 fully saturated rings. The van der Waals surface area contributed by atoms with Crippen LogP contribution in [0.5, 0.6) is 0 Å². The lowest BCUT2D eigenvalue weighted by Gasteiger charge is -2.16. The van der Waals surface area contributed by atoms with Crippen LogP contribution < -0.4 is 15.8 Å². The number of benzene rings is 2. The minimum absolute atomic E-state index is 0.111. The molecule has 4 aromatic rings. The Bertz CT molecular complexity index is 1350. The van der Waals surface area contributed by atoms with E-state index in [1.807, 2.05) is 30.3 Å². The predicted molar refractivity (Wildman–Crippen MR) is 117 cm³/mol. The number of carbonyl (C=O) groups is 2. The van der Waals surface area contributed by atoms with Crippen LogP contribution >= 0.6 is 0 Å². The smallest absolute Gasteiger partial charge is 0.297 e. The molecule has 0 atom stereocenters. The van der Waals surface area contributed by atoms with Gasteiger partial charge in [-0.2, -0.15) is 0 Å². The lowest BCUT2D eigenvalue weighted by Crippen LogP contribution is -2.24. The molecule has 1 aliphatic heterocycles. The standard InChI is InChI=1S/C23H20N4O4/c28-19(25-15-7-9-16(10-8-15)27-12-3-6-20(27)29)11-13-26-14-24-21-17-4-1-2-5-18(17)31-22(21)23(26)30/h1-2,4-5,7-10,14H,3,6,11-13H2,(H,25,28). The Hall–Kier alpha value is -3.94. The van der Waals surface area contributed by atoms with Crippen LogP contribution in [0.2, 0.25) is 0 Å². The van der Waals surface area contributed by atoms with E-state index in [2.05, 4.69) is 10.3 Å². The normalized spacial score (nSPS) is 13.9. The van der Waals surface area contributed by atoms with Gasteiger partial charge in [-0.15, -0.1) is 0 Å². The summed E-state index contributed by atoms with van der Waals surface area (Å²) in [6, 6.07) is 14.5. The summed E-state index contributed by atoms with van der Waals surface area (Å²) in [6.07, 6.45) is 3.00. The van der Waals surface area contributed by atoms with Crippen molar-refractivity contribution in [2.24, 2.45) is 0 Å². The van der Waals surface area contributed by atoms with Crippen LogP contribution in [-0.2, 0) is 16.1 Å². The number of amides is 2. The van der Waals surface area contributed by atoms with Crippen molar-refractivity contribution in [3.8, 4) is 0 Å². The quantitative estimate of drug-likeness (QED) is 0.538. The maximum Gasteiger partial charge on any atom is 0.297 e. The van der Waals surface area contributed by atoms with E-state index in [-0.39, 0.29) is 35.9 Å². The third-order valence-electron chi connectivity index (χ3n) is 5.47. The number of aromatic nitrogens is 2. The molecule has 0 unspecified atom stereocenters. The Morgan fingerprint density at radius 3 is 2.68 bits per heavy atom. The first-order chi connectivity index (χ1) is 15.1. The Kier molecular flexibility index (Phi) is 4.74. The average molecular weight is 416 g/mol. The average Bonchev–Trinajstić information content (AvgIpc) is 3.38. The zero-order valence-corrected chi connectivity index (χ0v) is 16.7. The topological polar surface area (TPSA) is 97.4 Å². The van der Waals surface area contributed by atoms with E-state index in [0.717, 1.165) is 24.0 Å². The van der Waals surface area contributed by atoms with Crippen molar-refractivity contribution >= 4 is 45.3 Å². The molecule has 3 heterocycles. The molecular formula is C23H20N4O4. The SMILES string of the molecule is O=C(CCn1cnc2c(oc3ccccc32)c1=O)Nc1ccc(N2CCCC2=O)cc1. The van der Waals surface area contributed by atoms with Gasteiger partial charge in [-0.3, -0.25) is 19.0 Å². The second-order valence-corrected chi connectivity index (χ2v) is 7.51. The highest BCUT2D eigenvalue weighted by molar-refractivity contribution is 6.01. The molecule has 8 nitrogen and oxygen atoms in total. The summed E-state index contributed by atoms with van der Waals surface area (Å²) in [5.41, 5.74) is 2.48. The van der Waals surface area contributed by atoms with Crippen molar-refractivity contribution < 1.29 is 14.0 Å². The van der Waals surface area contributed by atoms with E-state index in [1.165, 1.54) is 10.9 Å². The molecule has 0 aliphatic carbocycles. The molecule has 2 aromatic carbocycles. The van der Waals surface area contributed by atoms with E-state index < -0.39 is 0 Å². The lowest BCUT2D eigenvalue weighted by atomic mass is 10.2. The number of rotatable bonds is 5. The van der Waals surface area contributed by atoms with Gasteiger partial charge in [0.2, 0.25) is 17.4 Å². The van der Waals surface area contributed by atoms with Crippen molar-refractivity contribution in [2.75, 3.05) is 16.8 Å². The van der Waals surface area contributed by atoms with Gasteiger partial charge in [0.05, 0.1) is 6.33 Å². The molecule has 0 saturated carbocycles. The molecule has 0 bridgehead atoms. The number of anilines is 2. The highest BCUT2D eigenvalue weighted by atomic mass is 16.3. The van der Waals surface area contributed by atoms with Crippen molar-refractivity contribution in [3.63, 3.8) is 0 Å². The Morgan fingerprint density at radius 2 is 1.90 bits per heavy atom. The number of furan rings is 1. The molecule has 8 heteroatoms. The molecule has 1 saturated heterocycles. The number of nitrogens with one attached hydrogen (secondary N) is 1. The zero-order valence-electron chi connectivity index (χ0n) is 16.7. The third-order valence-corrected chi connectivity index (χ3v) is 5.47. The Balaban J connectivity index is 1.26. The molecule has 2 amide bonds. The van der Waals surface area contributed by atoms with Crippen LogP contribution in [0.3, 0.4) is 0 Å². The van der Waals surface area contributed by atoms with Crippen molar-refractivity contribution in [1.82, 2.24) is 9.55 Å². The Labute approximate surface area is 177 Å².